The van der Waals surface area contributed by atoms with E-state index in [4.69, 9.17) is 0 Å². The second-order valence-electron chi connectivity index (χ2n) is 4.99. The molecule has 4 nitrogen and oxygen atoms in total. The lowest BCUT2D eigenvalue weighted by Crippen LogP contribution is -2.43. The molecular weight excluding hydrogens is 397 g/mol. The first-order valence-electron chi connectivity index (χ1n) is 7.20. The summed E-state index contributed by atoms with van der Waals surface area (Å²) in [6, 6.07) is 10.1. The molecule has 1 aliphatic rings. The topological polar surface area (TPSA) is 53.5 Å². The van der Waals surface area contributed by atoms with Crippen molar-refractivity contribution in [1.82, 2.24) is 10.6 Å². The maximum atomic E-state index is 12.1. The quantitative estimate of drug-likeness (QED) is 0.437. The zero-order valence-corrected chi connectivity index (χ0v) is 15.5. The van der Waals surface area contributed by atoms with Crippen molar-refractivity contribution in [2.24, 2.45) is 4.99 Å². The summed E-state index contributed by atoms with van der Waals surface area (Å²) in [6.07, 6.45) is 5.03. The Labute approximate surface area is 146 Å². The van der Waals surface area contributed by atoms with Crippen LogP contribution in [0.3, 0.4) is 0 Å². The van der Waals surface area contributed by atoms with Crippen LogP contribution in [0.4, 0.5) is 0 Å². The fraction of sp³-hybridized carbons (Fsp3) is 0.533. The highest BCUT2D eigenvalue weighted by atomic mass is 127. The van der Waals surface area contributed by atoms with Crippen molar-refractivity contribution >= 4 is 40.7 Å². The lowest BCUT2D eigenvalue weighted by atomic mass is 10.2. The highest BCUT2D eigenvalue weighted by molar-refractivity contribution is 14.0. The molecule has 6 heteroatoms. The lowest BCUT2D eigenvalue weighted by molar-refractivity contribution is 0.615. The maximum absolute atomic E-state index is 12.1. The van der Waals surface area contributed by atoms with Crippen molar-refractivity contribution in [3.63, 3.8) is 0 Å². The van der Waals surface area contributed by atoms with Gasteiger partial charge in [-0.3, -0.25) is 9.20 Å². The van der Waals surface area contributed by atoms with Gasteiger partial charge >= 0.3 is 0 Å². The Morgan fingerprint density at radius 3 is 2.57 bits per heavy atom. The molecule has 1 aromatic carbocycles. The number of halogens is 1. The molecule has 0 radical (unpaired) electrons. The molecule has 1 aliphatic carbocycles. The van der Waals surface area contributed by atoms with E-state index in [0.717, 1.165) is 10.9 Å². The van der Waals surface area contributed by atoms with Crippen molar-refractivity contribution in [3.8, 4) is 0 Å². The monoisotopic (exact) mass is 421 g/mol. The number of hydrogen-bond acceptors (Lipinski definition) is 2. The lowest BCUT2D eigenvalue weighted by Gasteiger charge is -2.16. The average Bonchev–Trinajstić information content (AvgIpc) is 3.00. The largest absolute Gasteiger partial charge is 0.355 e. The molecule has 2 rings (SSSR count). The first kappa shape index (κ1) is 18.4. The molecule has 0 amide bonds. The van der Waals surface area contributed by atoms with Gasteiger partial charge in [-0.2, -0.15) is 0 Å². The summed E-state index contributed by atoms with van der Waals surface area (Å²) in [5.41, 5.74) is 0. The van der Waals surface area contributed by atoms with E-state index in [1.165, 1.54) is 25.7 Å². The number of nitrogens with one attached hydrogen (secondary N) is 2. The van der Waals surface area contributed by atoms with Gasteiger partial charge in [0.1, 0.15) is 0 Å². The summed E-state index contributed by atoms with van der Waals surface area (Å²) >= 11 is 0. The van der Waals surface area contributed by atoms with Gasteiger partial charge in [0.2, 0.25) is 0 Å². The summed E-state index contributed by atoms with van der Waals surface area (Å²) in [5, 5.41) is 6.66. The van der Waals surface area contributed by atoms with Crippen LogP contribution in [0, 0.1) is 0 Å². The zero-order chi connectivity index (χ0) is 14.2. The predicted octanol–water partition coefficient (Wildman–Crippen LogP) is 2.52. The smallest absolute Gasteiger partial charge is 0.191 e. The summed E-state index contributed by atoms with van der Waals surface area (Å²) in [6.45, 7) is 0.661. The average molecular weight is 421 g/mol. The fourth-order valence-electron chi connectivity index (χ4n) is 2.41. The van der Waals surface area contributed by atoms with E-state index in [9.17, 15) is 4.21 Å². The molecule has 0 bridgehead atoms. The van der Waals surface area contributed by atoms with Crippen molar-refractivity contribution in [2.75, 3.05) is 19.3 Å². The van der Waals surface area contributed by atoms with Crippen LogP contribution in [0.15, 0.2) is 40.2 Å². The third kappa shape index (κ3) is 6.34. The Balaban J connectivity index is 0.00000220. The number of hydrogen-bond donors (Lipinski definition) is 2. The molecule has 2 N–H and O–H groups in total. The van der Waals surface area contributed by atoms with E-state index in [1.807, 2.05) is 30.3 Å². The second kappa shape index (κ2) is 10.2. The summed E-state index contributed by atoms with van der Waals surface area (Å²) in [4.78, 5) is 5.10. The second-order valence-corrected chi connectivity index (χ2v) is 6.56. The minimum Gasteiger partial charge on any atom is -0.355 e. The summed E-state index contributed by atoms with van der Waals surface area (Å²) in [5.74, 6) is 1.41. The Morgan fingerprint density at radius 2 is 1.95 bits per heavy atom. The normalized spacial score (nSPS) is 17.1. The standard InChI is InChI=1S/C15H23N3OS.HI/c1-16-15(18-13-7-5-6-8-13)17-11-12-20(19)14-9-3-2-4-10-14;/h2-4,9-10,13H,5-8,11-12H2,1H3,(H2,16,17,18);1H. The van der Waals surface area contributed by atoms with Crippen molar-refractivity contribution in [1.29, 1.82) is 0 Å². The van der Waals surface area contributed by atoms with Crippen LogP contribution in [0.1, 0.15) is 25.7 Å². The molecule has 21 heavy (non-hydrogen) atoms. The van der Waals surface area contributed by atoms with Gasteiger partial charge in [0.05, 0.1) is 10.8 Å². The molecule has 0 aliphatic heterocycles. The van der Waals surface area contributed by atoms with Crippen LogP contribution in [0.25, 0.3) is 0 Å². The number of guanidine groups is 1. The van der Waals surface area contributed by atoms with Crippen LogP contribution >= 0.6 is 24.0 Å². The van der Waals surface area contributed by atoms with E-state index >= 15 is 0 Å². The van der Waals surface area contributed by atoms with Crippen LogP contribution in [-0.2, 0) is 10.8 Å². The van der Waals surface area contributed by atoms with Crippen molar-refractivity contribution in [3.05, 3.63) is 30.3 Å². The molecule has 0 spiro atoms. The molecule has 118 valence electrons. The van der Waals surface area contributed by atoms with Crippen LogP contribution in [0.5, 0.6) is 0 Å². The minimum atomic E-state index is -0.951. The van der Waals surface area contributed by atoms with Gasteiger partial charge in [-0.05, 0) is 25.0 Å². The molecule has 0 saturated heterocycles. The van der Waals surface area contributed by atoms with Gasteiger partial charge in [-0.15, -0.1) is 24.0 Å². The molecule has 1 fully saturated rings. The predicted molar refractivity (Wildman–Crippen MR) is 99.9 cm³/mol. The van der Waals surface area contributed by atoms with E-state index in [-0.39, 0.29) is 24.0 Å². The van der Waals surface area contributed by atoms with Crippen LogP contribution < -0.4 is 10.6 Å². The number of aliphatic imine (C=N–C) groups is 1. The van der Waals surface area contributed by atoms with E-state index < -0.39 is 10.8 Å². The van der Waals surface area contributed by atoms with Gasteiger partial charge in [0.25, 0.3) is 0 Å². The number of benzene rings is 1. The number of rotatable bonds is 5. The van der Waals surface area contributed by atoms with Gasteiger partial charge in [0, 0.05) is 30.3 Å². The van der Waals surface area contributed by atoms with Crippen LogP contribution in [0.2, 0.25) is 0 Å². The van der Waals surface area contributed by atoms with E-state index in [0.29, 0.717) is 18.3 Å². The molecule has 1 saturated carbocycles. The number of nitrogens with zero attached hydrogens (tertiary/aromatic N) is 1. The SMILES string of the molecule is CN=C(NCCS(=O)c1ccccc1)NC1CCCC1.I. The first-order valence-corrected chi connectivity index (χ1v) is 8.52. The molecular formula is C15H24IN3OS. The summed E-state index contributed by atoms with van der Waals surface area (Å²) in [7, 11) is 0.825. The van der Waals surface area contributed by atoms with Gasteiger partial charge < -0.3 is 10.6 Å². The third-order valence-electron chi connectivity index (χ3n) is 3.51. The molecule has 0 aromatic heterocycles. The summed E-state index contributed by atoms with van der Waals surface area (Å²) < 4.78 is 12.1. The maximum Gasteiger partial charge on any atom is 0.191 e. The van der Waals surface area contributed by atoms with Gasteiger partial charge in [-0.1, -0.05) is 31.0 Å². The van der Waals surface area contributed by atoms with Gasteiger partial charge in [0.15, 0.2) is 5.96 Å². The van der Waals surface area contributed by atoms with Crippen molar-refractivity contribution < 1.29 is 4.21 Å². The Kier molecular flexibility index (Phi) is 8.91. The molecule has 1 aromatic rings. The Morgan fingerprint density at radius 1 is 1.29 bits per heavy atom. The van der Waals surface area contributed by atoms with Gasteiger partial charge in [-0.25, -0.2) is 0 Å². The molecule has 0 heterocycles. The van der Waals surface area contributed by atoms with E-state index in [1.54, 1.807) is 7.05 Å². The Bertz CT molecular complexity index is 461. The zero-order valence-electron chi connectivity index (χ0n) is 12.4. The highest BCUT2D eigenvalue weighted by Gasteiger charge is 2.15. The minimum absolute atomic E-state index is 0. The molecule has 1 unspecified atom stereocenters. The Hall–Kier alpha value is -0.630. The third-order valence-corrected chi connectivity index (χ3v) is 4.88. The molecule has 1 atom stereocenters. The first-order chi connectivity index (χ1) is 9.79. The fourth-order valence-corrected chi connectivity index (χ4v) is 3.39. The van der Waals surface area contributed by atoms with E-state index in [2.05, 4.69) is 15.6 Å². The van der Waals surface area contributed by atoms with Crippen LogP contribution in [-0.4, -0.2) is 35.6 Å². The highest BCUT2D eigenvalue weighted by Crippen LogP contribution is 2.17. The van der Waals surface area contributed by atoms with Crippen molar-refractivity contribution in [2.45, 2.75) is 36.6 Å².